The highest BCUT2D eigenvalue weighted by Gasteiger charge is 2.36. The van der Waals surface area contributed by atoms with Crippen LogP contribution in [0.1, 0.15) is 25.6 Å². The van der Waals surface area contributed by atoms with Gasteiger partial charge in [-0.05, 0) is 43.7 Å². The first-order valence-electron chi connectivity index (χ1n) is 9.59. The van der Waals surface area contributed by atoms with Gasteiger partial charge in [0.15, 0.2) is 0 Å². The van der Waals surface area contributed by atoms with Crippen molar-refractivity contribution in [1.82, 2.24) is 19.8 Å². The number of anilines is 1. The Morgan fingerprint density at radius 3 is 2.64 bits per heavy atom. The Hall–Kier alpha value is -3.06. The highest BCUT2D eigenvalue weighted by Crippen LogP contribution is 2.34. The van der Waals surface area contributed by atoms with Crippen LogP contribution in [0.25, 0.3) is 11.0 Å². The van der Waals surface area contributed by atoms with Crippen molar-refractivity contribution in [3.63, 3.8) is 0 Å². The van der Waals surface area contributed by atoms with Gasteiger partial charge in [0.2, 0.25) is 11.9 Å². The van der Waals surface area contributed by atoms with Crippen LogP contribution in [0, 0.1) is 0 Å². The summed E-state index contributed by atoms with van der Waals surface area (Å²) in [6, 6.07) is 16.9. The topological polar surface area (TPSA) is 57.9 Å². The Kier molecular flexibility index (Phi) is 3.98. The number of nitrogens with zero attached hydrogens (tertiary/aromatic N) is 5. The van der Waals surface area contributed by atoms with Crippen molar-refractivity contribution in [2.75, 3.05) is 25.3 Å². The first-order valence-corrected chi connectivity index (χ1v) is 9.59. The molecule has 144 valence electrons. The lowest BCUT2D eigenvalue weighted by molar-refractivity contribution is 0.221. The Morgan fingerprint density at radius 2 is 1.89 bits per heavy atom. The summed E-state index contributed by atoms with van der Waals surface area (Å²) < 4.78 is 7.59. The number of nitrogens with one attached hydrogen (secondary N) is 1. The monoisotopic (exact) mass is 376 g/mol. The molecule has 0 spiro atoms. The first kappa shape index (κ1) is 17.1. The predicted molar refractivity (Wildman–Crippen MR) is 111 cm³/mol. The van der Waals surface area contributed by atoms with E-state index in [0.29, 0.717) is 12.7 Å². The van der Waals surface area contributed by atoms with Crippen LogP contribution in [0.2, 0.25) is 0 Å². The van der Waals surface area contributed by atoms with Crippen LogP contribution < -0.4 is 15.0 Å². The van der Waals surface area contributed by atoms with Crippen molar-refractivity contribution in [2.24, 2.45) is 4.99 Å². The highest BCUT2D eigenvalue weighted by atomic mass is 16.5. The quantitative estimate of drug-likeness (QED) is 0.762. The molecular formula is C21H24N6O. The van der Waals surface area contributed by atoms with Gasteiger partial charge in [-0.1, -0.05) is 24.3 Å². The largest absolute Gasteiger partial charge is 0.497 e. The zero-order valence-electron chi connectivity index (χ0n) is 16.3. The molecule has 28 heavy (non-hydrogen) atoms. The van der Waals surface area contributed by atoms with Gasteiger partial charge in [0.1, 0.15) is 11.9 Å². The molecule has 7 heteroatoms. The third-order valence-corrected chi connectivity index (χ3v) is 5.49. The molecule has 5 rings (SSSR count). The molecule has 3 aromatic rings. The van der Waals surface area contributed by atoms with Crippen LogP contribution >= 0.6 is 0 Å². The van der Waals surface area contributed by atoms with Crippen LogP contribution in [0.15, 0.2) is 53.5 Å². The summed E-state index contributed by atoms with van der Waals surface area (Å²) in [4.78, 5) is 14.3. The average Bonchev–Trinajstić information content (AvgIpc) is 3.13. The van der Waals surface area contributed by atoms with Gasteiger partial charge in [0.25, 0.3) is 0 Å². The lowest BCUT2D eigenvalue weighted by Crippen LogP contribution is -2.58. The number of methoxy groups -OCH3 is 1. The molecule has 2 aliphatic heterocycles. The molecule has 0 radical (unpaired) electrons. The average molecular weight is 376 g/mol. The molecule has 2 aliphatic rings. The Bertz CT molecular complexity index is 1040. The van der Waals surface area contributed by atoms with Gasteiger partial charge >= 0.3 is 0 Å². The number of para-hydroxylation sites is 2. The summed E-state index contributed by atoms with van der Waals surface area (Å²) in [5.41, 5.74) is 3.23. The van der Waals surface area contributed by atoms with E-state index in [2.05, 4.69) is 63.9 Å². The lowest BCUT2D eigenvalue weighted by Gasteiger charge is -2.42. The molecule has 1 N–H and O–H groups in total. The number of guanidine groups is 1. The SMILES string of the molecule is COc1ccc([C@@H]2NC3=NCN(C(C)C)CN3c3nc4ccccc4n32)cc1. The Morgan fingerprint density at radius 1 is 1.11 bits per heavy atom. The molecule has 7 nitrogen and oxygen atoms in total. The summed E-state index contributed by atoms with van der Waals surface area (Å²) in [6.07, 6.45) is -0.0751. The highest BCUT2D eigenvalue weighted by molar-refractivity contribution is 5.98. The minimum atomic E-state index is -0.0751. The molecule has 0 saturated carbocycles. The molecule has 0 fully saturated rings. The first-order chi connectivity index (χ1) is 13.7. The molecule has 0 saturated heterocycles. The minimum Gasteiger partial charge on any atom is -0.497 e. The van der Waals surface area contributed by atoms with Crippen LogP contribution in [0.5, 0.6) is 5.75 Å². The van der Waals surface area contributed by atoms with E-state index in [9.17, 15) is 0 Å². The summed E-state index contributed by atoms with van der Waals surface area (Å²) >= 11 is 0. The Balaban J connectivity index is 1.66. The van der Waals surface area contributed by atoms with E-state index in [1.165, 1.54) is 0 Å². The van der Waals surface area contributed by atoms with Crippen molar-refractivity contribution in [1.29, 1.82) is 0 Å². The standard InChI is InChI=1S/C21H24N6O/c1-14(2)25-12-22-20-24-19(15-8-10-16(28-3)11-9-15)27-18-7-5-4-6-17(18)23-21(27)26(20)13-25/h4-11,14,19H,12-13H2,1-3H3,(H,22,24)/t19-/m1/s1. The minimum absolute atomic E-state index is 0.0751. The molecule has 0 bridgehead atoms. The second-order valence-electron chi connectivity index (χ2n) is 7.47. The van der Waals surface area contributed by atoms with Crippen molar-refractivity contribution in [3.8, 4) is 5.75 Å². The molecule has 0 unspecified atom stereocenters. The van der Waals surface area contributed by atoms with E-state index in [4.69, 9.17) is 14.7 Å². The number of aromatic nitrogens is 2. The van der Waals surface area contributed by atoms with Crippen molar-refractivity contribution in [2.45, 2.75) is 26.1 Å². The normalized spacial score (nSPS) is 19.2. The number of rotatable bonds is 3. The van der Waals surface area contributed by atoms with Gasteiger partial charge < -0.3 is 10.1 Å². The maximum Gasteiger partial charge on any atom is 0.216 e. The van der Waals surface area contributed by atoms with E-state index in [1.54, 1.807) is 7.11 Å². The molecule has 2 aromatic carbocycles. The number of ether oxygens (including phenoxy) is 1. The fourth-order valence-corrected chi connectivity index (χ4v) is 3.83. The number of imidazole rings is 1. The second kappa shape index (κ2) is 6.53. The maximum atomic E-state index is 5.32. The van der Waals surface area contributed by atoms with Crippen LogP contribution in [-0.4, -0.2) is 46.9 Å². The van der Waals surface area contributed by atoms with Crippen LogP contribution in [0.4, 0.5) is 5.95 Å². The third kappa shape index (κ3) is 2.62. The number of fused-ring (bicyclic) bond motifs is 5. The Labute approximate surface area is 164 Å². The number of aliphatic imine (C=N–C) groups is 1. The van der Waals surface area contributed by atoms with Gasteiger partial charge in [-0.25, -0.2) is 9.98 Å². The summed E-state index contributed by atoms with van der Waals surface area (Å²) in [6.45, 7) is 5.84. The van der Waals surface area contributed by atoms with E-state index >= 15 is 0 Å². The molecule has 1 aromatic heterocycles. The molecular weight excluding hydrogens is 352 g/mol. The molecule has 3 heterocycles. The number of hydrogen-bond donors (Lipinski definition) is 1. The number of benzene rings is 2. The van der Waals surface area contributed by atoms with E-state index in [-0.39, 0.29) is 6.17 Å². The lowest BCUT2D eigenvalue weighted by atomic mass is 10.1. The molecule has 0 amide bonds. The summed E-state index contributed by atoms with van der Waals surface area (Å²) in [5, 5.41) is 3.63. The fraction of sp³-hybridized carbons (Fsp3) is 0.333. The predicted octanol–water partition coefficient (Wildman–Crippen LogP) is 3.00. The smallest absolute Gasteiger partial charge is 0.216 e. The zero-order valence-corrected chi connectivity index (χ0v) is 16.3. The van der Waals surface area contributed by atoms with Crippen LogP contribution in [0.3, 0.4) is 0 Å². The van der Waals surface area contributed by atoms with Crippen molar-refractivity contribution >= 4 is 22.9 Å². The zero-order chi connectivity index (χ0) is 19.3. The van der Waals surface area contributed by atoms with Crippen molar-refractivity contribution in [3.05, 3.63) is 54.1 Å². The maximum absolute atomic E-state index is 5.32. The van der Waals surface area contributed by atoms with Gasteiger partial charge in [-0.2, -0.15) is 0 Å². The number of hydrogen-bond acceptors (Lipinski definition) is 6. The van der Waals surface area contributed by atoms with E-state index < -0.39 is 0 Å². The summed E-state index contributed by atoms with van der Waals surface area (Å²) in [7, 11) is 1.68. The van der Waals surface area contributed by atoms with Gasteiger partial charge in [-0.3, -0.25) is 14.4 Å². The van der Waals surface area contributed by atoms with Crippen LogP contribution in [-0.2, 0) is 0 Å². The fourth-order valence-electron chi connectivity index (χ4n) is 3.83. The molecule has 0 aliphatic carbocycles. The van der Waals surface area contributed by atoms with Gasteiger partial charge in [0, 0.05) is 6.04 Å². The van der Waals surface area contributed by atoms with Gasteiger partial charge in [-0.15, -0.1) is 0 Å². The van der Waals surface area contributed by atoms with Crippen molar-refractivity contribution < 1.29 is 4.74 Å². The second-order valence-corrected chi connectivity index (χ2v) is 7.47. The van der Waals surface area contributed by atoms with E-state index in [1.807, 2.05) is 18.2 Å². The third-order valence-electron chi connectivity index (χ3n) is 5.49. The van der Waals surface area contributed by atoms with Gasteiger partial charge in [0.05, 0.1) is 31.5 Å². The van der Waals surface area contributed by atoms with E-state index in [0.717, 1.165) is 40.9 Å². The summed E-state index contributed by atoms with van der Waals surface area (Å²) in [5.74, 6) is 2.64. The molecule has 1 atom stereocenters.